The summed E-state index contributed by atoms with van der Waals surface area (Å²) in [6.07, 6.45) is 1.91. The second-order valence-electron chi connectivity index (χ2n) is 1.14. The van der Waals surface area contributed by atoms with E-state index in [1.165, 1.54) is 0 Å². The summed E-state index contributed by atoms with van der Waals surface area (Å²) >= 11 is 6.52. The van der Waals surface area contributed by atoms with Crippen LogP contribution in [0.4, 0.5) is 0 Å². The molecule has 0 spiro atoms. The predicted octanol–water partition coefficient (Wildman–Crippen LogP) is 2.41. The Kier molecular flexibility index (Phi) is 1.54. The molecule has 0 aliphatic carbocycles. The van der Waals surface area contributed by atoms with Crippen molar-refractivity contribution in [1.29, 1.82) is 0 Å². The van der Waals surface area contributed by atoms with Gasteiger partial charge < -0.3 is 0 Å². The monoisotopic (exact) mass is 223 g/mol. The van der Waals surface area contributed by atoms with Gasteiger partial charge in [-0.1, -0.05) is 0 Å². The number of halogens is 2. The van der Waals surface area contributed by atoms with Gasteiger partial charge in [0, 0.05) is 6.20 Å². The molecule has 1 nitrogen and oxygen atoms in total. The molecular weight excluding hydrogens is 222 g/mol. The van der Waals surface area contributed by atoms with Gasteiger partial charge >= 0.3 is 0 Å². The maximum atomic E-state index is 3.28. The number of rotatable bonds is 0. The van der Waals surface area contributed by atoms with Crippen LogP contribution in [-0.4, -0.2) is 3.59 Å². The highest BCUT2D eigenvalue weighted by Crippen LogP contribution is 2.11. The summed E-state index contributed by atoms with van der Waals surface area (Å²) in [6.45, 7) is 0. The second-order valence-corrected chi connectivity index (χ2v) is 2.72. The molecule has 0 atom stereocenters. The second kappa shape index (κ2) is 2.01. The SMILES string of the molecule is Brc1cccn1Br. The number of hydrogen-bond donors (Lipinski definition) is 0. The van der Waals surface area contributed by atoms with Gasteiger partial charge in [-0.3, -0.25) is 3.59 Å². The zero-order valence-electron chi connectivity index (χ0n) is 3.44. The van der Waals surface area contributed by atoms with Crippen molar-refractivity contribution in [2.45, 2.75) is 0 Å². The summed E-state index contributed by atoms with van der Waals surface area (Å²) in [5, 5.41) is 0. The molecule has 0 aliphatic rings. The Morgan fingerprint density at radius 3 is 2.43 bits per heavy atom. The van der Waals surface area contributed by atoms with Crippen LogP contribution in [0.15, 0.2) is 22.9 Å². The van der Waals surface area contributed by atoms with E-state index < -0.39 is 0 Å². The van der Waals surface area contributed by atoms with E-state index in [2.05, 4.69) is 32.1 Å². The first-order valence-electron chi connectivity index (χ1n) is 1.80. The predicted molar refractivity (Wildman–Crippen MR) is 36.5 cm³/mol. The maximum Gasteiger partial charge on any atom is 0.0949 e. The zero-order chi connectivity index (χ0) is 5.28. The van der Waals surface area contributed by atoms with Crippen LogP contribution >= 0.6 is 32.1 Å². The number of nitrogens with zero attached hydrogens (tertiary/aromatic N) is 1. The van der Waals surface area contributed by atoms with Crippen LogP contribution < -0.4 is 0 Å². The fraction of sp³-hybridized carbons (Fsp3) is 0. The third kappa shape index (κ3) is 1.07. The Morgan fingerprint density at radius 2 is 2.29 bits per heavy atom. The summed E-state index contributed by atoms with van der Waals surface area (Å²) in [6, 6.07) is 3.90. The minimum Gasteiger partial charge on any atom is -0.278 e. The van der Waals surface area contributed by atoms with Crippen molar-refractivity contribution in [1.82, 2.24) is 3.59 Å². The van der Waals surface area contributed by atoms with Crippen LogP contribution in [0.2, 0.25) is 0 Å². The number of hydrogen-bond acceptors (Lipinski definition) is 0. The van der Waals surface area contributed by atoms with Crippen LogP contribution in [-0.2, 0) is 0 Å². The van der Waals surface area contributed by atoms with E-state index in [0.717, 1.165) is 4.60 Å². The van der Waals surface area contributed by atoms with Crippen LogP contribution in [0.3, 0.4) is 0 Å². The van der Waals surface area contributed by atoms with Crippen molar-refractivity contribution in [3.63, 3.8) is 0 Å². The first-order valence-corrected chi connectivity index (χ1v) is 3.30. The van der Waals surface area contributed by atoms with E-state index in [1.807, 2.05) is 21.9 Å². The van der Waals surface area contributed by atoms with Crippen LogP contribution in [0.25, 0.3) is 0 Å². The van der Waals surface area contributed by atoms with Gasteiger partial charge in [-0.05, 0) is 28.1 Å². The molecule has 0 N–H and O–H groups in total. The van der Waals surface area contributed by atoms with Gasteiger partial charge in [0.2, 0.25) is 0 Å². The minimum atomic E-state index is 1.03. The van der Waals surface area contributed by atoms with Gasteiger partial charge in [0.05, 0.1) is 20.8 Å². The van der Waals surface area contributed by atoms with Crippen molar-refractivity contribution >= 4 is 32.1 Å². The Morgan fingerprint density at radius 1 is 1.57 bits per heavy atom. The van der Waals surface area contributed by atoms with Gasteiger partial charge in [-0.2, -0.15) is 0 Å². The fourth-order valence-corrected chi connectivity index (χ4v) is 0.866. The zero-order valence-corrected chi connectivity index (χ0v) is 6.61. The first kappa shape index (κ1) is 5.38. The normalized spacial score (nSPS) is 9.43. The average Bonchev–Trinajstić information content (AvgIpc) is 1.91. The molecular formula is C4H3Br2N. The third-order valence-corrected chi connectivity index (χ3v) is 2.40. The van der Waals surface area contributed by atoms with Crippen molar-refractivity contribution in [3.05, 3.63) is 22.9 Å². The smallest absolute Gasteiger partial charge is 0.0949 e. The van der Waals surface area contributed by atoms with E-state index in [9.17, 15) is 0 Å². The molecule has 0 unspecified atom stereocenters. The van der Waals surface area contributed by atoms with Gasteiger partial charge in [0.1, 0.15) is 0 Å². The van der Waals surface area contributed by atoms with Crippen molar-refractivity contribution in [2.24, 2.45) is 0 Å². The Bertz CT molecular complexity index is 142. The topological polar surface area (TPSA) is 4.93 Å². The highest BCUT2D eigenvalue weighted by molar-refractivity contribution is 9.12. The van der Waals surface area contributed by atoms with Crippen LogP contribution in [0.5, 0.6) is 0 Å². The first-order chi connectivity index (χ1) is 3.30. The summed E-state index contributed by atoms with van der Waals surface area (Å²) in [4.78, 5) is 0. The third-order valence-electron chi connectivity index (χ3n) is 0.655. The van der Waals surface area contributed by atoms with Crippen molar-refractivity contribution < 1.29 is 0 Å². The van der Waals surface area contributed by atoms with Crippen molar-refractivity contribution in [2.75, 3.05) is 0 Å². The lowest BCUT2D eigenvalue weighted by molar-refractivity contribution is 1.28. The minimum absolute atomic E-state index is 1.03. The molecule has 1 aromatic heterocycles. The molecule has 0 aromatic carbocycles. The highest BCUT2D eigenvalue weighted by atomic mass is 79.9. The van der Waals surface area contributed by atoms with E-state index in [4.69, 9.17) is 0 Å². The molecule has 7 heavy (non-hydrogen) atoms. The molecule has 0 amide bonds. The van der Waals surface area contributed by atoms with Gasteiger partial charge in [0.25, 0.3) is 0 Å². The summed E-state index contributed by atoms with van der Waals surface area (Å²) in [5.74, 6) is 0. The van der Waals surface area contributed by atoms with Gasteiger partial charge in [-0.25, -0.2) is 0 Å². The molecule has 1 aromatic rings. The molecule has 1 rings (SSSR count). The van der Waals surface area contributed by atoms with Crippen molar-refractivity contribution in [3.8, 4) is 0 Å². The highest BCUT2D eigenvalue weighted by Gasteiger charge is 1.86. The largest absolute Gasteiger partial charge is 0.278 e. The number of aromatic nitrogens is 1. The average molecular weight is 225 g/mol. The van der Waals surface area contributed by atoms with E-state index in [0.29, 0.717) is 0 Å². The summed E-state index contributed by atoms with van der Waals surface area (Å²) in [7, 11) is 0. The molecule has 0 fully saturated rings. The molecule has 0 radical (unpaired) electrons. The van der Waals surface area contributed by atoms with Gasteiger partial charge in [0.15, 0.2) is 0 Å². The Hall–Kier alpha value is 0.240. The Balaban J connectivity index is 3.12. The van der Waals surface area contributed by atoms with E-state index in [1.54, 1.807) is 0 Å². The van der Waals surface area contributed by atoms with E-state index >= 15 is 0 Å². The fourth-order valence-electron chi connectivity index (χ4n) is 0.340. The lowest BCUT2D eigenvalue weighted by Crippen LogP contribution is -1.68. The standard InChI is InChI=1S/C4H3Br2N/c5-4-2-1-3-7(4)6/h1-3H. The Labute approximate surface area is 58.8 Å². The molecule has 0 saturated carbocycles. The lowest BCUT2D eigenvalue weighted by Gasteiger charge is -1.83. The summed E-state index contributed by atoms with van der Waals surface area (Å²) < 4.78 is 2.85. The summed E-state index contributed by atoms with van der Waals surface area (Å²) in [5.41, 5.74) is 0. The molecule has 38 valence electrons. The van der Waals surface area contributed by atoms with Crippen LogP contribution in [0, 0.1) is 0 Å². The lowest BCUT2D eigenvalue weighted by atomic mass is 10.7. The quantitative estimate of drug-likeness (QED) is 0.638. The maximum absolute atomic E-state index is 3.28. The molecule has 0 saturated heterocycles. The molecule has 1 heterocycles. The van der Waals surface area contributed by atoms with E-state index in [-0.39, 0.29) is 0 Å². The molecule has 3 heteroatoms. The molecule has 0 aliphatic heterocycles. The van der Waals surface area contributed by atoms with Gasteiger partial charge in [-0.15, -0.1) is 0 Å². The van der Waals surface area contributed by atoms with Crippen LogP contribution in [0.1, 0.15) is 0 Å². The molecule has 0 bridgehead atoms.